The van der Waals surface area contributed by atoms with Crippen molar-refractivity contribution < 1.29 is 18.3 Å². The SMILES string of the molecule is CC=C1CC(NC(=O)OC(C)(C)C)CN(Cc2ccc(F)cc2F)C1=CC. The summed E-state index contributed by atoms with van der Waals surface area (Å²) in [5.74, 6) is -1.17. The maximum absolute atomic E-state index is 14.1. The van der Waals surface area contributed by atoms with Crippen LogP contribution in [0.5, 0.6) is 0 Å². The van der Waals surface area contributed by atoms with Crippen LogP contribution in [0.3, 0.4) is 0 Å². The molecule has 4 nitrogen and oxygen atoms in total. The van der Waals surface area contributed by atoms with Crippen LogP contribution in [-0.4, -0.2) is 29.2 Å². The average Bonchev–Trinajstić information content (AvgIpc) is 2.55. The summed E-state index contributed by atoms with van der Waals surface area (Å²) in [5, 5.41) is 2.90. The smallest absolute Gasteiger partial charge is 0.407 e. The highest BCUT2D eigenvalue weighted by Crippen LogP contribution is 2.29. The lowest BCUT2D eigenvalue weighted by Gasteiger charge is -2.38. The molecule has 1 fully saturated rings. The second-order valence-corrected chi connectivity index (χ2v) is 7.65. The summed E-state index contributed by atoms with van der Waals surface area (Å²) in [4.78, 5) is 14.1. The number of nitrogens with one attached hydrogen (secondary N) is 1. The first kappa shape index (κ1) is 20.9. The number of alkyl carbamates (subject to hydrolysis) is 1. The maximum atomic E-state index is 14.1. The Morgan fingerprint density at radius 2 is 2.00 bits per heavy atom. The fourth-order valence-electron chi connectivity index (χ4n) is 3.21. The molecule has 1 aliphatic rings. The minimum absolute atomic E-state index is 0.168. The van der Waals surface area contributed by atoms with Gasteiger partial charge in [0, 0.05) is 30.4 Å². The zero-order valence-electron chi connectivity index (χ0n) is 16.6. The molecular weight excluding hydrogens is 350 g/mol. The number of nitrogens with zero attached hydrogens (tertiary/aromatic N) is 1. The van der Waals surface area contributed by atoms with Crippen LogP contribution in [0.1, 0.15) is 46.6 Å². The topological polar surface area (TPSA) is 41.6 Å². The molecule has 1 N–H and O–H groups in total. The van der Waals surface area contributed by atoms with Gasteiger partial charge < -0.3 is 15.0 Å². The Morgan fingerprint density at radius 1 is 1.30 bits per heavy atom. The molecule has 6 heteroatoms. The summed E-state index contributed by atoms with van der Waals surface area (Å²) in [7, 11) is 0. The van der Waals surface area contributed by atoms with Crippen LogP contribution >= 0.6 is 0 Å². The Bertz CT molecular complexity index is 751. The first-order valence-corrected chi connectivity index (χ1v) is 9.13. The Labute approximate surface area is 159 Å². The summed E-state index contributed by atoms with van der Waals surface area (Å²) < 4.78 is 32.7. The quantitative estimate of drug-likeness (QED) is 0.812. The van der Waals surface area contributed by atoms with Gasteiger partial charge in [0.25, 0.3) is 0 Å². The molecule has 1 aromatic rings. The highest BCUT2D eigenvalue weighted by atomic mass is 19.1. The third-order valence-corrected chi connectivity index (χ3v) is 4.30. The van der Waals surface area contributed by atoms with Gasteiger partial charge in [0.15, 0.2) is 0 Å². The van der Waals surface area contributed by atoms with Gasteiger partial charge in [-0.2, -0.15) is 0 Å². The Kier molecular flexibility index (Phi) is 6.63. The molecule has 0 aromatic heterocycles. The molecule has 0 spiro atoms. The Hall–Kier alpha value is -2.37. The van der Waals surface area contributed by atoms with Crippen LogP contribution in [0, 0.1) is 11.6 Å². The minimum atomic E-state index is -0.597. The minimum Gasteiger partial charge on any atom is -0.444 e. The van der Waals surface area contributed by atoms with E-state index in [1.807, 2.05) is 51.7 Å². The zero-order valence-corrected chi connectivity index (χ0v) is 16.6. The van der Waals surface area contributed by atoms with Gasteiger partial charge in [0.05, 0.1) is 6.04 Å². The van der Waals surface area contributed by atoms with Crippen molar-refractivity contribution in [1.82, 2.24) is 10.2 Å². The fourth-order valence-corrected chi connectivity index (χ4v) is 3.21. The first-order chi connectivity index (χ1) is 12.6. The van der Waals surface area contributed by atoms with E-state index in [9.17, 15) is 13.6 Å². The number of allylic oxidation sites excluding steroid dienone is 3. The molecule has 0 bridgehead atoms. The summed E-state index contributed by atoms with van der Waals surface area (Å²) in [6.07, 6.45) is 4.16. The normalized spacial score (nSPS) is 20.9. The van der Waals surface area contributed by atoms with Crippen LogP contribution in [0.4, 0.5) is 13.6 Å². The predicted molar refractivity (Wildman–Crippen MR) is 102 cm³/mol. The number of benzene rings is 1. The van der Waals surface area contributed by atoms with Gasteiger partial charge in [0.1, 0.15) is 17.2 Å². The van der Waals surface area contributed by atoms with Crippen LogP contribution in [0.15, 0.2) is 41.6 Å². The maximum Gasteiger partial charge on any atom is 0.407 e. The highest BCUT2D eigenvalue weighted by Gasteiger charge is 2.29. The summed E-state index contributed by atoms with van der Waals surface area (Å²) in [5.41, 5.74) is 1.88. The van der Waals surface area contributed by atoms with Crippen molar-refractivity contribution in [3.63, 3.8) is 0 Å². The molecule has 1 aromatic carbocycles. The molecule has 2 rings (SSSR count). The number of hydrogen-bond acceptors (Lipinski definition) is 3. The number of halogens is 2. The number of amides is 1. The van der Waals surface area contributed by atoms with E-state index in [-0.39, 0.29) is 12.6 Å². The standard InChI is InChI=1S/C21H28F2N2O2/c1-6-14-10-17(24-20(26)27-21(3,4)5)13-25(19(14)7-2)12-15-8-9-16(22)11-18(15)23/h6-9,11,17H,10,12-13H2,1-5H3,(H,24,26). The lowest BCUT2D eigenvalue weighted by atomic mass is 9.95. The van der Waals surface area contributed by atoms with E-state index in [4.69, 9.17) is 4.74 Å². The summed E-state index contributed by atoms with van der Waals surface area (Å²) in [6, 6.07) is 3.43. The van der Waals surface area contributed by atoms with Gasteiger partial charge in [-0.1, -0.05) is 18.2 Å². The van der Waals surface area contributed by atoms with Crippen LogP contribution in [0.25, 0.3) is 0 Å². The number of hydrogen-bond donors (Lipinski definition) is 1. The second kappa shape index (κ2) is 8.55. The monoisotopic (exact) mass is 378 g/mol. The van der Waals surface area contributed by atoms with E-state index >= 15 is 0 Å². The van der Waals surface area contributed by atoms with E-state index in [1.165, 1.54) is 12.1 Å². The first-order valence-electron chi connectivity index (χ1n) is 9.13. The van der Waals surface area contributed by atoms with Gasteiger partial charge >= 0.3 is 6.09 Å². The lowest BCUT2D eigenvalue weighted by molar-refractivity contribution is 0.0489. The van der Waals surface area contributed by atoms with E-state index in [1.54, 1.807) is 0 Å². The van der Waals surface area contributed by atoms with Crippen LogP contribution < -0.4 is 5.32 Å². The van der Waals surface area contributed by atoms with E-state index in [0.29, 0.717) is 18.5 Å². The summed E-state index contributed by atoms with van der Waals surface area (Å²) >= 11 is 0. The van der Waals surface area contributed by atoms with Crippen molar-refractivity contribution >= 4 is 6.09 Å². The van der Waals surface area contributed by atoms with E-state index in [0.717, 1.165) is 17.3 Å². The molecule has 1 heterocycles. The number of carbonyl (C=O) groups is 1. The lowest BCUT2D eigenvalue weighted by Crippen LogP contribution is -2.48. The fraction of sp³-hybridized carbons (Fsp3) is 0.476. The zero-order chi connectivity index (χ0) is 20.2. The van der Waals surface area contributed by atoms with Gasteiger partial charge in [0.2, 0.25) is 0 Å². The average molecular weight is 378 g/mol. The Morgan fingerprint density at radius 3 is 2.56 bits per heavy atom. The molecule has 1 saturated heterocycles. The van der Waals surface area contributed by atoms with Crippen molar-refractivity contribution in [1.29, 1.82) is 0 Å². The van der Waals surface area contributed by atoms with Crippen molar-refractivity contribution in [2.75, 3.05) is 6.54 Å². The Balaban J connectivity index is 2.19. The number of carbonyl (C=O) groups excluding carboxylic acids is 1. The number of likely N-dealkylation sites (tertiary alicyclic amines) is 1. The third kappa shape index (κ3) is 5.81. The van der Waals surface area contributed by atoms with Crippen molar-refractivity contribution in [2.45, 2.75) is 59.2 Å². The van der Waals surface area contributed by atoms with Crippen molar-refractivity contribution in [2.24, 2.45) is 0 Å². The highest BCUT2D eigenvalue weighted by molar-refractivity contribution is 5.68. The molecule has 1 amide bonds. The van der Waals surface area contributed by atoms with Crippen molar-refractivity contribution in [3.8, 4) is 0 Å². The molecule has 0 aliphatic carbocycles. The van der Waals surface area contributed by atoms with Gasteiger partial charge in [-0.05, 0) is 52.7 Å². The predicted octanol–water partition coefficient (Wildman–Crippen LogP) is 4.91. The third-order valence-electron chi connectivity index (χ3n) is 4.30. The van der Waals surface area contributed by atoms with E-state index < -0.39 is 23.3 Å². The van der Waals surface area contributed by atoms with Crippen LogP contribution in [-0.2, 0) is 11.3 Å². The molecule has 27 heavy (non-hydrogen) atoms. The van der Waals surface area contributed by atoms with Gasteiger partial charge in [-0.25, -0.2) is 13.6 Å². The molecule has 0 radical (unpaired) electrons. The number of rotatable bonds is 3. The summed E-state index contributed by atoms with van der Waals surface area (Å²) in [6.45, 7) is 10.1. The van der Waals surface area contributed by atoms with Crippen LogP contribution in [0.2, 0.25) is 0 Å². The number of ether oxygens (including phenoxy) is 1. The molecule has 148 valence electrons. The molecule has 1 unspecified atom stereocenters. The molecule has 1 aliphatic heterocycles. The molecule has 0 saturated carbocycles. The molecular formula is C21H28F2N2O2. The second-order valence-electron chi connectivity index (χ2n) is 7.65. The van der Waals surface area contributed by atoms with Gasteiger partial charge in [-0.15, -0.1) is 0 Å². The number of piperidine rings is 1. The van der Waals surface area contributed by atoms with E-state index in [2.05, 4.69) is 5.32 Å². The van der Waals surface area contributed by atoms with Gasteiger partial charge in [-0.3, -0.25) is 0 Å². The molecule has 1 atom stereocenters. The van der Waals surface area contributed by atoms with Crippen molar-refractivity contribution in [3.05, 3.63) is 58.8 Å². The largest absolute Gasteiger partial charge is 0.444 e.